The van der Waals surface area contributed by atoms with Crippen LogP contribution in [0.25, 0.3) is 0 Å². The fourth-order valence-corrected chi connectivity index (χ4v) is 3.91. The molecular formula is C24H33N3O2. The summed E-state index contributed by atoms with van der Waals surface area (Å²) in [7, 11) is 0. The fraction of sp³-hybridized carbons (Fsp3) is 0.500. The maximum absolute atomic E-state index is 12.4. The summed E-state index contributed by atoms with van der Waals surface area (Å²) >= 11 is 0. The molecular weight excluding hydrogens is 362 g/mol. The minimum Gasteiger partial charge on any atom is -0.487 e. The number of nitrogens with zero attached hydrogens (tertiary/aromatic N) is 2. The summed E-state index contributed by atoms with van der Waals surface area (Å²) in [6.45, 7) is 7.95. The Morgan fingerprint density at radius 2 is 1.83 bits per heavy atom. The lowest BCUT2D eigenvalue weighted by Gasteiger charge is -2.20. The Bertz CT molecular complexity index is 761. The van der Waals surface area contributed by atoms with E-state index in [9.17, 15) is 4.79 Å². The number of carbonyl (C=O) groups excluding carboxylic acids is 1. The molecule has 0 aliphatic carbocycles. The molecule has 0 saturated carbocycles. The molecule has 0 radical (unpaired) electrons. The molecule has 0 unspecified atom stereocenters. The van der Waals surface area contributed by atoms with E-state index in [1.54, 1.807) is 6.20 Å². The lowest BCUT2D eigenvalue weighted by Crippen LogP contribution is -2.33. The molecule has 1 aliphatic rings. The van der Waals surface area contributed by atoms with Crippen molar-refractivity contribution in [3.63, 3.8) is 0 Å². The Kier molecular flexibility index (Phi) is 8.05. The van der Waals surface area contributed by atoms with Crippen molar-refractivity contribution in [2.24, 2.45) is 0 Å². The van der Waals surface area contributed by atoms with Crippen LogP contribution < -0.4 is 10.1 Å². The molecule has 1 aliphatic heterocycles. The van der Waals surface area contributed by atoms with Crippen molar-refractivity contribution in [2.75, 3.05) is 19.6 Å². The van der Waals surface area contributed by atoms with Gasteiger partial charge in [-0.15, -0.1) is 0 Å². The Hall–Kier alpha value is -2.40. The highest BCUT2D eigenvalue weighted by Crippen LogP contribution is 2.25. The third-order valence-electron chi connectivity index (χ3n) is 5.41. The predicted molar refractivity (Wildman–Crippen MR) is 116 cm³/mol. The van der Waals surface area contributed by atoms with Crippen LogP contribution in [0.2, 0.25) is 0 Å². The van der Waals surface area contributed by atoms with Gasteiger partial charge in [-0.2, -0.15) is 0 Å². The number of aryl methyl sites for hydroxylation is 2. The fourth-order valence-electron chi connectivity index (χ4n) is 3.91. The van der Waals surface area contributed by atoms with Crippen LogP contribution in [0.15, 0.2) is 36.5 Å². The summed E-state index contributed by atoms with van der Waals surface area (Å²) in [6, 6.07) is 10.2. The molecule has 1 saturated heterocycles. The van der Waals surface area contributed by atoms with Crippen LogP contribution in [0.4, 0.5) is 0 Å². The molecule has 2 aromatic rings. The lowest BCUT2D eigenvalue weighted by atomic mass is 10.1. The third-order valence-corrected chi connectivity index (χ3v) is 5.41. The maximum atomic E-state index is 12.4. The number of ether oxygens (including phenoxy) is 1. The van der Waals surface area contributed by atoms with Gasteiger partial charge in [-0.3, -0.25) is 9.78 Å². The molecule has 0 bridgehead atoms. The molecule has 1 aromatic carbocycles. The van der Waals surface area contributed by atoms with Gasteiger partial charge in [0.2, 0.25) is 5.91 Å². The van der Waals surface area contributed by atoms with Gasteiger partial charge >= 0.3 is 0 Å². The number of carbonyl (C=O) groups is 1. The molecule has 5 nitrogen and oxygen atoms in total. The Balaban J connectivity index is 1.45. The molecule has 156 valence electrons. The van der Waals surface area contributed by atoms with Crippen molar-refractivity contribution in [3.05, 3.63) is 58.9 Å². The minimum atomic E-state index is 0.282. The van der Waals surface area contributed by atoms with Crippen molar-refractivity contribution in [1.82, 2.24) is 15.2 Å². The Labute approximate surface area is 174 Å². The quantitative estimate of drug-likeness (QED) is 0.682. The van der Waals surface area contributed by atoms with Gasteiger partial charge in [-0.25, -0.2) is 0 Å². The first kappa shape index (κ1) is 21.3. The molecule has 1 aromatic heterocycles. The zero-order valence-electron chi connectivity index (χ0n) is 17.7. The molecule has 5 heteroatoms. The monoisotopic (exact) mass is 395 g/mol. The number of nitrogens with one attached hydrogen (secondary N) is 1. The van der Waals surface area contributed by atoms with Gasteiger partial charge in [0, 0.05) is 38.8 Å². The average molecular weight is 396 g/mol. The summed E-state index contributed by atoms with van der Waals surface area (Å²) < 4.78 is 6.01. The molecule has 0 spiro atoms. The van der Waals surface area contributed by atoms with E-state index in [-0.39, 0.29) is 5.91 Å². The van der Waals surface area contributed by atoms with Crippen LogP contribution in [-0.2, 0) is 17.9 Å². The Morgan fingerprint density at radius 3 is 2.48 bits per heavy atom. The summed E-state index contributed by atoms with van der Waals surface area (Å²) in [5, 5.41) is 3.42. The topological polar surface area (TPSA) is 54.5 Å². The van der Waals surface area contributed by atoms with E-state index < -0.39 is 0 Å². The van der Waals surface area contributed by atoms with E-state index in [1.165, 1.54) is 18.4 Å². The number of rotatable bonds is 8. The Morgan fingerprint density at radius 1 is 1.10 bits per heavy atom. The summed E-state index contributed by atoms with van der Waals surface area (Å²) in [4.78, 5) is 18.7. The van der Waals surface area contributed by atoms with Gasteiger partial charge < -0.3 is 15.0 Å². The van der Waals surface area contributed by atoms with E-state index >= 15 is 0 Å². The second kappa shape index (κ2) is 11.0. The molecule has 3 rings (SSSR count). The van der Waals surface area contributed by atoms with Crippen LogP contribution in [-0.4, -0.2) is 35.4 Å². The molecule has 0 atom stereocenters. The van der Waals surface area contributed by atoms with E-state index in [0.717, 1.165) is 55.0 Å². The van der Waals surface area contributed by atoms with Crippen molar-refractivity contribution in [3.8, 4) is 5.75 Å². The first-order valence-electron chi connectivity index (χ1n) is 10.7. The van der Waals surface area contributed by atoms with Crippen molar-refractivity contribution < 1.29 is 9.53 Å². The van der Waals surface area contributed by atoms with E-state index in [1.807, 2.05) is 23.1 Å². The predicted octanol–water partition coefficient (Wildman–Crippen LogP) is 4.16. The highest BCUT2D eigenvalue weighted by Gasteiger charge is 2.14. The normalized spacial score (nSPS) is 14.5. The van der Waals surface area contributed by atoms with Gasteiger partial charge in [0.15, 0.2) is 0 Å². The van der Waals surface area contributed by atoms with E-state index in [2.05, 4.69) is 36.3 Å². The SMILES string of the molecule is Cc1cc(CNCCC(=O)N2CCCCCC2)cc(C)c1OCc1ccccn1. The van der Waals surface area contributed by atoms with Crippen LogP contribution in [0.1, 0.15) is 54.5 Å². The zero-order chi connectivity index (χ0) is 20.5. The highest BCUT2D eigenvalue weighted by molar-refractivity contribution is 5.76. The number of amides is 1. The lowest BCUT2D eigenvalue weighted by molar-refractivity contribution is -0.131. The first-order valence-corrected chi connectivity index (χ1v) is 10.7. The van der Waals surface area contributed by atoms with E-state index in [0.29, 0.717) is 19.6 Å². The van der Waals surface area contributed by atoms with Crippen LogP contribution in [0.3, 0.4) is 0 Å². The van der Waals surface area contributed by atoms with Crippen molar-refractivity contribution >= 4 is 5.91 Å². The summed E-state index contributed by atoms with van der Waals surface area (Å²) in [6.07, 6.45) is 7.15. The number of aromatic nitrogens is 1. The second-order valence-corrected chi connectivity index (χ2v) is 7.89. The number of hydrogen-bond donors (Lipinski definition) is 1. The van der Waals surface area contributed by atoms with Crippen molar-refractivity contribution in [1.29, 1.82) is 0 Å². The standard InChI is InChI=1S/C24H33N3O2/c1-19-15-21(16-20(2)24(19)29-18-22-9-5-6-11-26-22)17-25-12-10-23(28)27-13-7-3-4-8-14-27/h5-6,9,11,15-16,25H,3-4,7-8,10,12-14,17-18H2,1-2H3. The molecule has 1 N–H and O–H groups in total. The first-order chi connectivity index (χ1) is 14.1. The third kappa shape index (κ3) is 6.57. The molecule has 2 heterocycles. The average Bonchev–Trinajstić information content (AvgIpc) is 3.01. The number of likely N-dealkylation sites (tertiary alicyclic amines) is 1. The number of benzene rings is 1. The van der Waals surface area contributed by atoms with Crippen molar-refractivity contribution in [2.45, 2.75) is 59.1 Å². The van der Waals surface area contributed by atoms with Gasteiger partial charge in [0.1, 0.15) is 12.4 Å². The van der Waals surface area contributed by atoms with Crippen LogP contribution >= 0.6 is 0 Å². The van der Waals surface area contributed by atoms with Gasteiger partial charge in [-0.1, -0.05) is 31.0 Å². The van der Waals surface area contributed by atoms with Gasteiger partial charge in [0.25, 0.3) is 0 Å². The van der Waals surface area contributed by atoms with Crippen LogP contribution in [0.5, 0.6) is 5.75 Å². The highest BCUT2D eigenvalue weighted by atomic mass is 16.5. The maximum Gasteiger partial charge on any atom is 0.223 e. The van der Waals surface area contributed by atoms with Gasteiger partial charge in [0.05, 0.1) is 5.69 Å². The largest absolute Gasteiger partial charge is 0.487 e. The summed E-state index contributed by atoms with van der Waals surface area (Å²) in [5.41, 5.74) is 4.38. The summed E-state index contributed by atoms with van der Waals surface area (Å²) in [5.74, 6) is 1.21. The molecule has 1 amide bonds. The van der Waals surface area contributed by atoms with Gasteiger partial charge in [-0.05, 0) is 55.5 Å². The zero-order valence-corrected chi connectivity index (χ0v) is 17.7. The second-order valence-electron chi connectivity index (χ2n) is 7.89. The molecule has 1 fully saturated rings. The smallest absolute Gasteiger partial charge is 0.223 e. The van der Waals surface area contributed by atoms with Crippen LogP contribution in [0, 0.1) is 13.8 Å². The molecule has 29 heavy (non-hydrogen) atoms. The number of hydrogen-bond acceptors (Lipinski definition) is 4. The minimum absolute atomic E-state index is 0.282. The van der Waals surface area contributed by atoms with E-state index in [4.69, 9.17) is 4.74 Å². The number of pyridine rings is 1.